The Morgan fingerprint density at radius 1 is 1.13 bits per heavy atom. The normalized spacial score (nSPS) is 16.5. The third kappa shape index (κ3) is 4.68. The molecule has 11 heteroatoms. The quantitative estimate of drug-likeness (QED) is 0.330. The van der Waals surface area contributed by atoms with Crippen molar-refractivity contribution in [2.75, 3.05) is 23.3 Å². The van der Waals surface area contributed by atoms with Crippen molar-refractivity contribution in [3.8, 4) is 11.5 Å². The third-order valence-electron chi connectivity index (χ3n) is 6.62. The van der Waals surface area contributed by atoms with Crippen LogP contribution in [0.1, 0.15) is 22.5 Å². The summed E-state index contributed by atoms with van der Waals surface area (Å²) < 4.78 is 5.82. The molecule has 1 unspecified atom stereocenters. The van der Waals surface area contributed by atoms with E-state index in [9.17, 15) is 14.4 Å². The fourth-order valence-corrected chi connectivity index (χ4v) is 5.86. The zero-order valence-corrected chi connectivity index (χ0v) is 21.6. The number of nitrogens with one attached hydrogen (secondary N) is 2. The van der Waals surface area contributed by atoms with Gasteiger partial charge in [0.15, 0.2) is 0 Å². The van der Waals surface area contributed by atoms with E-state index in [-0.39, 0.29) is 17.9 Å². The molecule has 0 aliphatic carbocycles. The number of carbonyl (C=O) groups excluding carboxylic acids is 3. The standard InChI is InChI=1S/C28H24N6O4S/c1-2-22(35)33-14-6-7-17(16-33)31-26(36)25-24-23-20(12-13-29-27(23)39-25)34(28(37)32-24)21-11-10-19(15-30-21)38-18-8-4-3-5-9-18/h2-5,8-13,15,17H,1,6-7,14,16H2,(H,31,36)(H,32,37). The van der Waals surface area contributed by atoms with E-state index in [0.29, 0.717) is 56.9 Å². The molecule has 196 valence electrons. The summed E-state index contributed by atoms with van der Waals surface area (Å²) >= 11 is 1.21. The number of rotatable bonds is 6. The van der Waals surface area contributed by atoms with E-state index >= 15 is 0 Å². The van der Waals surface area contributed by atoms with Gasteiger partial charge in [-0.05, 0) is 49.2 Å². The fraction of sp³-hybridized carbons (Fsp3) is 0.179. The highest BCUT2D eigenvalue weighted by Gasteiger charge is 2.34. The number of aromatic nitrogens is 2. The molecule has 3 aromatic heterocycles. The van der Waals surface area contributed by atoms with E-state index in [1.54, 1.807) is 35.5 Å². The van der Waals surface area contributed by atoms with E-state index in [0.717, 1.165) is 12.8 Å². The van der Waals surface area contributed by atoms with Crippen molar-refractivity contribution >= 4 is 56.6 Å². The number of ether oxygens (including phenoxy) is 1. The van der Waals surface area contributed by atoms with Crippen LogP contribution in [0, 0.1) is 0 Å². The van der Waals surface area contributed by atoms with E-state index in [1.165, 1.54) is 22.3 Å². The molecule has 0 radical (unpaired) electrons. The summed E-state index contributed by atoms with van der Waals surface area (Å²) in [6, 6.07) is 13.9. The van der Waals surface area contributed by atoms with Crippen molar-refractivity contribution in [3.63, 3.8) is 0 Å². The predicted molar refractivity (Wildman–Crippen MR) is 149 cm³/mol. The average Bonchev–Trinajstić information content (AvgIpc) is 3.33. The van der Waals surface area contributed by atoms with E-state index in [4.69, 9.17) is 4.74 Å². The minimum absolute atomic E-state index is 0.152. The molecule has 1 saturated heterocycles. The van der Waals surface area contributed by atoms with Crippen LogP contribution < -0.4 is 20.3 Å². The van der Waals surface area contributed by atoms with Crippen LogP contribution in [0.3, 0.4) is 0 Å². The third-order valence-corrected chi connectivity index (χ3v) is 7.72. The molecule has 5 heterocycles. The van der Waals surface area contributed by atoms with Gasteiger partial charge in [0.05, 0.1) is 23.0 Å². The van der Waals surface area contributed by atoms with Crippen molar-refractivity contribution in [1.29, 1.82) is 0 Å². The molecule has 6 rings (SSSR count). The first-order valence-electron chi connectivity index (χ1n) is 12.5. The Morgan fingerprint density at radius 3 is 2.74 bits per heavy atom. The monoisotopic (exact) mass is 540 g/mol. The Bertz CT molecular complexity index is 1590. The molecular formula is C28H24N6O4S. The van der Waals surface area contributed by atoms with E-state index < -0.39 is 6.03 Å². The molecular weight excluding hydrogens is 516 g/mol. The lowest BCUT2D eigenvalue weighted by molar-refractivity contribution is -0.127. The molecule has 0 saturated carbocycles. The number of amides is 4. The fourth-order valence-electron chi connectivity index (χ4n) is 4.84. The number of benzene rings is 1. The number of thiophene rings is 1. The Morgan fingerprint density at radius 2 is 1.97 bits per heavy atom. The second-order valence-corrected chi connectivity index (χ2v) is 10.1. The predicted octanol–water partition coefficient (Wildman–Crippen LogP) is 5.07. The summed E-state index contributed by atoms with van der Waals surface area (Å²) in [6.45, 7) is 4.60. The molecule has 1 fully saturated rings. The molecule has 4 amide bonds. The van der Waals surface area contributed by atoms with Crippen molar-refractivity contribution in [2.45, 2.75) is 18.9 Å². The zero-order chi connectivity index (χ0) is 26.9. The van der Waals surface area contributed by atoms with Gasteiger partial charge < -0.3 is 20.3 Å². The van der Waals surface area contributed by atoms with Crippen molar-refractivity contribution in [1.82, 2.24) is 20.2 Å². The van der Waals surface area contributed by atoms with Gasteiger partial charge >= 0.3 is 6.03 Å². The van der Waals surface area contributed by atoms with Crippen LogP contribution in [-0.2, 0) is 4.79 Å². The molecule has 0 spiro atoms. The first-order chi connectivity index (χ1) is 19.0. The summed E-state index contributed by atoms with van der Waals surface area (Å²) in [7, 11) is 0. The smallest absolute Gasteiger partial charge is 0.332 e. The van der Waals surface area contributed by atoms with Gasteiger partial charge in [-0.15, -0.1) is 11.3 Å². The molecule has 0 bridgehead atoms. The molecule has 39 heavy (non-hydrogen) atoms. The molecule has 2 N–H and O–H groups in total. The summed E-state index contributed by atoms with van der Waals surface area (Å²) in [4.78, 5) is 51.7. The van der Waals surface area contributed by atoms with Crippen LogP contribution in [0.5, 0.6) is 11.5 Å². The van der Waals surface area contributed by atoms with E-state index in [1.807, 2.05) is 30.3 Å². The van der Waals surface area contributed by atoms with Crippen LogP contribution in [0.4, 0.5) is 22.0 Å². The number of urea groups is 1. The molecule has 4 aromatic rings. The molecule has 2 aliphatic heterocycles. The summed E-state index contributed by atoms with van der Waals surface area (Å²) in [5.74, 6) is 1.15. The number of anilines is 3. The highest BCUT2D eigenvalue weighted by Crippen LogP contribution is 2.45. The first kappa shape index (κ1) is 24.6. The SMILES string of the molecule is C=CC(=O)N1CCCC(NC(=O)c2sc3nccc4c3c2NC(=O)N4c2ccc(Oc3ccccc3)cn2)C1. The Balaban J connectivity index is 1.27. The van der Waals surface area contributed by atoms with Crippen molar-refractivity contribution < 1.29 is 19.1 Å². The lowest BCUT2D eigenvalue weighted by Gasteiger charge is -2.32. The molecule has 1 atom stereocenters. The molecule has 10 nitrogen and oxygen atoms in total. The van der Waals surface area contributed by atoms with Crippen LogP contribution >= 0.6 is 11.3 Å². The molecule has 2 aliphatic rings. The minimum Gasteiger partial charge on any atom is -0.456 e. The van der Waals surface area contributed by atoms with Crippen LogP contribution in [0.15, 0.2) is 73.6 Å². The van der Waals surface area contributed by atoms with Crippen molar-refractivity contribution in [3.05, 3.63) is 78.5 Å². The highest BCUT2D eigenvalue weighted by atomic mass is 32.1. The van der Waals surface area contributed by atoms with Gasteiger partial charge in [0.25, 0.3) is 5.91 Å². The number of piperidine rings is 1. The number of para-hydroxylation sites is 1. The lowest BCUT2D eigenvalue weighted by Crippen LogP contribution is -2.49. The number of nitrogens with zero attached hydrogens (tertiary/aromatic N) is 4. The Hall–Kier alpha value is -4.77. The largest absolute Gasteiger partial charge is 0.456 e. The maximum atomic E-state index is 13.3. The minimum atomic E-state index is -0.438. The lowest BCUT2D eigenvalue weighted by atomic mass is 10.1. The maximum absolute atomic E-state index is 13.3. The van der Waals surface area contributed by atoms with Crippen LogP contribution in [0.2, 0.25) is 0 Å². The maximum Gasteiger partial charge on any atom is 0.332 e. The first-order valence-corrected chi connectivity index (χ1v) is 13.3. The molecule has 1 aromatic carbocycles. The summed E-state index contributed by atoms with van der Waals surface area (Å²) in [5.41, 5.74) is 1.01. The topological polar surface area (TPSA) is 117 Å². The number of likely N-dealkylation sites (tertiary alicyclic amines) is 1. The van der Waals surface area contributed by atoms with Crippen LogP contribution in [-0.4, -0.2) is 51.8 Å². The zero-order valence-electron chi connectivity index (χ0n) is 20.8. The van der Waals surface area contributed by atoms with Gasteiger partial charge in [-0.3, -0.25) is 9.59 Å². The van der Waals surface area contributed by atoms with Crippen molar-refractivity contribution in [2.24, 2.45) is 0 Å². The van der Waals surface area contributed by atoms with Crippen LogP contribution in [0.25, 0.3) is 10.2 Å². The average molecular weight is 541 g/mol. The number of pyridine rings is 2. The number of hydrogen-bond acceptors (Lipinski definition) is 7. The summed E-state index contributed by atoms with van der Waals surface area (Å²) in [6.07, 6.45) is 5.99. The number of carbonyl (C=O) groups is 3. The number of hydrogen-bond donors (Lipinski definition) is 2. The van der Waals surface area contributed by atoms with Gasteiger partial charge in [0.1, 0.15) is 27.0 Å². The van der Waals surface area contributed by atoms with Gasteiger partial charge in [0, 0.05) is 25.3 Å². The van der Waals surface area contributed by atoms with E-state index in [2.05, 4.69) is 27.2 Å². The van der Waals surface area contributed by atoms with Gasteiger partial charge in [0.2, 0.25) is 5.91 Å². The second kappa shape index (κ2) is 10.2. The van der Waals surface area contributed by atoms with Gasteiger partial charge in [-0.1, -0.05) is 24.8 Å². The summed E-state index contributed by atoms with van der Waals surface area (Å²) in [5, 5.41) is 6.58. The van der Waals surface area contributed by atoms with Gasteiger partial charge in [-0.2, -0.15) is 0 Å². The Kier molecular flexibility index (Phi) is 6.41. The Labute approximate surface area is 227 Å². The highest BCUT2D eigenvalue weighted by molar-refractivity contribution is 7.21. The second-order valence-electron chi connectivity index (χ2n) is 9.15. The van der Waals surface area contributed by atoms with Gasteiger partial charge in [-0.25, -0.2) is 19.7 Å².